The summed E-state index contributed by atoms with van der Waals surface area (Å²) < 4.78 is 5.19. The Bertz CT molecular complexity index is 516. The lowest BCUT2D eigenvalue weighted by Gasteiger charge is -2.27. The zero-order chi connectivity index (χ0) is 14.5. The molecule has 1 aromatic carbocycles. The van der Waals surface area contributed by atoms with Gasteiger partial charge in [-0.2, -0.15) is 0 Å². The molecule has 0 saturated carbocycles. The van der Waals surface area contributed by atoms with E-state index in [1.807, 2.05) is 0 Å². The highest BCUT2D eigenvalue weighted by Crippen LogP contribution is 2.20. The molecule has 0 atom stereocenters. The van der Waals surface area contributed by atoms with E-state index in [2.05, 4.69) is 5.32 Å². The van der Waals surface area contributed by atoms with Crippen molar-refractivity contribution in [2.75, 3.05) is 38.2 Å². The van der Waals surface area contributed by atoms with Crippen molar-refractivity contribution in [1.82, 2.24) is 4.90 Å². The Labute approximate surface area is 121 Å². The molecule has 2 amide bonds. The van der Waals surface area contributed by atoms with E-state index in [4.69, 9.17) is 22.1 Å². The first-order valence-electron chi connectivity index (χ1n) is 6.26. The van der Waals surface area contributed by atoms with E-state index in [0.717, 1.165) is 0 Å². The Morgan fingerprint density at radius 1 is 1.35 bits per heavy atom. The van der Waals surface area contributed by atoms with Gasteiger partial charge in [0.2, 0.25) is 11.8 Å². The van der Waals surface area contributed by atoms with Crippen LogP contribution in [0.25, 0.3) is 0 Å². The summed E-state index contributed by atoms with van der Waals surface area (Å²) in [5.74, 6) is -0.609. The summed E-state index contributed by atoms with van der Waals surface area (Å²) in [6, 6.07) is 4.81. The van der Waals surface area contributed by atoms with E-state index >= 15 is 0 Å². The zero-order valence-electron chi connectivity index (χ0n) is 10.9. The lowest BCUT2D eigenvalue weighted by atomic mass is 10.2. The van der Waals surface area contributed by atoms with Gasteiger partial charge in [0.25, 0.3) is 0 Å². The highest BCUT2D eigenvalue weighted by Gasteiger charge is 2.16. The first kappa shape index (κ1) is 14.6. The third-order valence-corrected chi connectivity index (χ3v) is 3.37. The van der Waals surface area contributed by atoms with Gasteiger partial charge in [-0.15, -0.1) is 0 Å². The van der Waals surface area contributed by atoms with Gasteiger partial charge in [-0.3, -0.25) is 9.59 Å². The molecule has 108 valence electrons. The molecule has 6 nitrogen and oxygen atoms in total. The minimum Gasteiger partial charge on any atom is -0.378 e. The van der Waals surface area contributed by atoms with Crippen LogP contribution in [0.4, 0.5) is 5.69 Å². The number of amides is 2. The fourth-order valence-corrected chi connectivity index (χ4v) is 2.14. The molecule has 20 heavy (non-hydrogen) atoms. The predicted molar refractivity (Wildman–Crippen MR) is 75.9 cm³/mol. The van der Waals surface area contributed by atoms with Gasteiger partial charge < -0.3 is 20.7 Å². The van der Waals surface area contributed by atoms with E-state index in [1.165, 1.54) is 6.07 Å². The summed E-state index contributed by atoms with van der Waals surface area (Å²) in [6.45, 7) is 2.50. The summed E-state index contributed by atoms with van der Waals surface area (Å²) >= 11 is 5.86. The van der Waals surface area contributed by atoms with Gasteiger partial charge in [0, 0.05) is 18.8 Å². The van der Waals surface area contributed by atoms with Crippen LogP contribution < -0.4 is 11.1 Å². The maximum absolute atomic E-state index is 11.9. The SMILES string of the molecule is NC(=O)c1cc(NCC(=O)N2CCOCC2)ccc1Cl. The number of anilines is 1. The minimum absolute atomic E-state index is 0.0103. The minimum atomic E-state index is -0.599. The number of hydrogen-bond donors (Lipinski definition) is 2. The van der Waals surface area contributed by atoms with Crippen molar-refractivity contribution in [2.45, 2.75) is 0 Å². The van der Waals surface area contributed by atoms with Crippen molar-refractivity contribution in [1.29, 1.82) is 0 Å². The first-order valence-corrected chi connectivity index (χ1v) is 6.64. The summed E-state index contributed by atoms with van der Waals surface area (Å²) in [6.07, 6.45) is 0. The monoisotopic (exact) mass is 297 g/mol. The Hall–Kier alpha value is -1.79. The highest BCUT2D eigenvalue weighted by atomic mass is 35.5. The van der Waals surface area contributed by atoms with Crippen LogP contribution in [0.2, 0.25) is 5.02 Å². The molecule has 1 aliphatic heterocycles. The van der Waals surface area contributed by atoms with Gasteiger partial charge in [0.05, 0.1) is 30.3 Å². The number of nitrogens with one attached hydrogen (secondary N) is 1. The van der Waals surface area contributed by atoms with Gasteiger partial charge in [-0.1, -0.05) is 11.6 Å². The lowest BCUT2D eigenvalue weighted by molar-refractivity contribution is -0.133. The number of carbonyl (C=O) groups is 2. The van der Waals surface area contributed by atoms with Crippen LogP contribution in [0.1, 0.15) is 10.4 Å². The van der Waals surface area contributed by atoms with Gasteiger partial charge in [-0.25, -0.2) is 0 Å². The van der Waals surface area contributed by atoms with Crippen LogP contribution >= 0.6 is 11.6 Å². The first-order chi connectivity index (χ1) is 9.58. The average molecular weight is 298 g/mol. The van der Waals surface area contributed by atoms with Crippen molar-refractivity contribution in [3.63, 3.8) is 0 Å². The number of rotatable bonds is 4. The molecule has 1 saturated heterocycles. The van der Waals surface area contributed by atoms with Crippen LogP contribution in [0.5, 0.6) is 0 Å². The largest absolute Gasteiger partial charge is 0.378 e. The molecule has 1 aliphatic rings. The Morgan fingerprint density at radius 2 is 2.05 bits per heavy atom. The van der Waals surface area contributed by atoms with Crippen LogP contribution in [0.15, 0.2) is 18.2 Å². The van der Waals surface area contributed by atoms with Gasteiger partial charge in [0.15, 0.2) is 0 Å². The average Bonchev–Trinajstić information content (AvgIpc) is 2.46. The summed E-state index contributed by atoms with van der Waals surface area (Å²) in [4.78, 5) is 24.9. The zero-order valence-corrected chi connectivity index (χ0v) is 11.7. The number of halogens is 1. The van der Waals surface area contributed by atoms with Crippen molar-refractivity contribution < 1.29 is 14.3 Å². The van der Waals surface area contributed by atoms with Crippen LogP contribution in [-0.4, -0.2) is 49.6 Å². The third kappa shape index (κ3) is 3.61. The smallest absolute Gasteiger partial charge is 0.250 e. The second kappa shape index (κ2) is 6.58. The number of ether oxygens (including phenoxy) is 1. The molecular formula is C13H16ClN3O3. The molecule has 1 heterocycles. The van der Waals surface area contributed by atoms with E-state index in [9.17, 15) is 9.59 Å². The predicted octanol–water partition coefficient (Wildman–Crippen LogP) is 0.710. The summed E-state index contributed by atoms with van der Waals surface area (Å²) in [5.41, 5.74) is 6.08. The van der Waals surface area contributed by atoms with Gasteiger partial charge >= 0.3 is 0 Å². The van der Waals surface area contributed by atoms with Crippen LogP contribution in [-0.2, 0) is 9.53 Å². The number of benzene rings is 1. The molecule has 1 aromatic rings. The molecule has 0 radical (unpaired) electrons. The number of carbonyl (C=O) groups excluding carboxylic acids is 2. The van der Waals surface area contributed by atoms with Crippen molar-refractivity contribution in [3.05, 3.63) is 28.8 Å². The van der Waals surface area contributed by atoms with Crippen molar-refractivity contribution in [3.8, 4) is 0 Å². The molecule has 0 aromatic heterocycles. The van der Waals surface area contributed by atoms with Gasteiger partial charge in [-0.05, 0) is 18.2 Å². The summed E-state index contributed by atoms with van der Waals surface area (Å²) in [7, 11) is 0. The maximum atomic E-state index is 11.9. The maximum Gasteiger partial charge on any atom is 0.250 e. The molecule has 7 heteroatoms. The van der Waals surface area contributed by atoms with E-state index in [0.29, 0.717) is 37.0 Å². The Kier molecular flexibility index (Phi) is 4.81. The number of nitrogens with zero attached hydrogens (tertiary/aromatic N) is 1. The molecule has 1 fully saturated rings. The number of nitrogens with two attached hydrogens (primary N) is 1. The summed E-state index contributed by atoms with van der Waals surface area (Å²) in [5, 5.41) is 3.26. The van der Waals surface area contributed by atoms with E-state index < -0.39 is 5.91 Å². The van der Waals surface area contributed by atoms with E-state index in [1.54, 1.807) is 17.0 Å². The second-order valence-electron chi connectivity index (χ2n) is 4.41. The third-order valence-electron chi connectivity index (χ3n) is 3.04. The fourth-order valence-electron chi connectivity index (χ4n) is 1.93. The van der Waals surface area contributed by atoms with Crippen LogP contribution in [0, 0.1) is 0 Å². The fraction of sp³-hybridized carbons (Fsp3) is 0.385. The van der Waals surface area contributed by atoms with Crippen molar-refractivity contribution >= 4 is 29.1 Å². The molecule has 0 spiro atoms. The normalized spacial score (nSPS) is 14.9. The molecular weight excluding hydrogens is 282 g/mol. The number of morpholine rings is 1. The number of hydrogen-bond acceptors (Lipinski definition) is 4. The van der Waals surface area contributed by atoms with Crippen molar-refractivity contribution in [2.24, 2.45) is 5.73 Å². The topological polar surface area (TPSA) is 84.7 Å². The number of primary amides is 1. The molecule has 0 bridgehead atoms. The second-order valence-corrected chi connectivity index (χ2v) is 4.81. The molecule has 3 N–H and O–H groups in total. The standard InChI is InChI=1S/C13H16ClN3O3/c14-11-2-1-9(7-10(11)13(15)19)16-8-12(18)17-3-5-20-6-4-17/h1-2,7,16H,3-6,8H2,(H2,15,19). The van der Waals surface area contributed by atoms with E-state index in [-0.39, 0.29) is 18.0 Å². The van der Waals surface area contributed by atoms with Crippen LogP contribution in [0.3, 0.4) is 0 Å². The quantitative estimate of drug-likeness (QED) is 0.857. The Morgan fingerprint density at radius 3 is 2.70 bits per heavy atom. The molecule has 0 aliphatic carbocycles. The lowest BCUT2D eigenvalue weighted by Crippen LogP contribution is -2.43. The molecule has 0 unspecified atom stereocenters. The highest BCUT2D eigenvalue weighted by molar-refractivity contribution is 6.33. The van der Waals surface area contributed by atoms with Gasteiger partial charge in [0.1, 0.15) is 0 Å². The Balaban J connectivity index is 1.95. The molecule has 2 rings (SSSR count).